The zero-order valence-electron chi connectivity index (χ0n) is 28.6. The highest BCUT2D eigenvalue weighted by Crippen LogP contribution is 2.59. The van der Waals surface area contributed by atoms with E-state index in [1.807, 2.05) is 0 Å². The van der Waals surface area contributed by atoms with Crippen LogP contribution < -0.4 is 4.90 Å². The molecule has 1 heteroatoms. The molecule has 1 nitrogen and oxygen atoms in total. The molecule has 0 atom stereocenters. The Bertz CT molecular complexity index is 2230. The number of hydrogen-bond acceptors (Lipinski definition) is 1. The van der Waals surface area contributed by atoms with Crippen molar-refractivity contribution in [3.63, 3.8) is 0 Å². The standard InChI is InChI=1S/C47H43N/c1-5-46(6-2)40-23-13-11-19-35(40)37-28-27-32(30-42(37)46)48(43-25-15-21-34-33-18-10-9-17-31(33)29-39(34)43)44-26-16-22-38-36-20-12-14-24-41(36)47(7-3,8-4)45(38)44/h9-28,30H,5-8,29H2,1-4H3. The monoisotopic (exact) mass is 621 g/mol. The number of hydrogen-bond donors (Lipinski definition) is 0. The van der Waals surface area contributed by atoms with Crippen LogP contribution in [-0.2, 0) is 17.3 Å². The van der Waals surface area contributed by atoms with E-state index in [0.717, 1.165) is 32.1 Å². The largest absolute Gasteiger partial charge is 0.310 e. The van der Waals surface area contributed by atoms with Crippen LogP contribution in [0.2, 0.25) is 0 Å². The Morgan fingerprint density at radius 2 is 1.00 bits per heavy atom. The Morgan fingerprint density at radius 3 is 1.71 bits per heavy atom. The van der Waals surface area contributed by atoms with Crippen LogP contribution in [0.25, 0.3) is 33.4 Å². The van der Waals surface area contributed by atoms with Crippen molar-refractivity contribution in [2.75, 3.05) is 4.90 Å². The summed E-state index contributed by atoms with van der Waals surface area (Å²) in [7, 11) is 0. The molecule has 0 spiro atoms. The average Bonchev–Trinajstić information content (AvgIpc) is 3.77. The summed E-state index contributed by atoms with van der Waals surface area (Å²) in [5.41, 5.74) is 20.9. The molecule has 0 bridgehead atoms. The van der Waals surface area contributed by atoms with Gasteiger partial charge in [0.05, 0.1) is 11.4 Å². The van der Waals surface area contributed by atoms with Crippen molar-refractivity contribution in [2.45, 2.75) is 70.6 Å². The van der Waals surface area contributed by atoms with E-state index in [2.05, 4.69) is 160 Å². The summed E-state index contributed by atoms with van der Waals surface area (Å²) < 4.78 is 0. The minimum absolute atomic E-state index is 0.00788. The summed E-state index contributed by atoms with van der Waals surface area (Å²) in [5, 5.41) is 0. The normalized spacial score (nSPS) is 15.2. The van der Waals surface area contributed by atoms with Gasteiger partial charge in [-0.25, -0.2) is 0 Å². The van der Waals surface area contributed by atoms with Crippen molar-refractivity contribution in [1.82, 2.24) is 0 Å². The van der Waals surface area contributed by atoms with Gasteiger partial charge in [0, 0.05) is 22.9 Å². The molecule has 48 heavy (non-hydrogen) atoms. The fourth-order valence-electron chi connectivity index (χ4n) is 10.1. The highest BCUT2D eigenvalue weighted by molar-refractivity contribution is 5.95. The molecular formula is C47H43N. The molecule has 6 aromatic rings. The van der Waals surface area contributed by atoms with Gasteiger partial charge < -0.3 is 4.90 Å². The van der Waals surface area contributed by atoms with Gasteiger partial charge >= 0.3 is 0 Å². The van der Waals surface area contributed by atoms with Crippen LogP contribution >= 0.6 is 0 Å². The molecule has 0 aliphatic heterocycles. The van der Waals surface area contributed by atoms with Crippen molar-refractivity contribution in [3.8, 4) is 33.4 Å². The first-order valence-corrected chi connectivity index (χ1v) is 18.1. The van der Waals surface area contributed by atoms with Crippen molar-refractivity contribution in [3.05, 3.63) is 161 Å². The van der Waals surface area contributed by atoms with E-state index in [-0.39, 0.29) is 10.8 Å². The van der Waals surface area contributed by atoms with Crippen LogP contribution in [0.4, 0.5) is 17.1 Å². The van der Waals surface area contributed by atoms with Crippen LogP contribution in [0.1, 0.15) is 86.8 Å². The van der Waals surface area contributed by atoms with E-state index >= 15 is 0 Å². The smallest absolute Gasteiger partial charge is 0.0509 e. The minimum atomic E-state index is -0.0504. The highest BCUT2D eigenvalue weighted by Gasteiger charge is 2.44. The van der Waals surface area contributed by atoms with Crippen molar-refractivity contribution in [1.29, 1.82) is 0 Å². The lowest BCUT2D eigenvalue weighted by Gasteiger charge is -2.37. The number of anilines is 3. The maximum atomic E-state index is 2.65. The molecular weight excluding hydrogens is 579 g/mol. The maximum Gasteiger partial charge on any atom is 0.0509 e. The molecule has 0 heterocycles. The quantitative estimate of drug-likeness (QED) is 0.171. The molecule has 3 aliphatic carbocycles. The third-order valence-electron chi connectivity index (χ3n) is 12.5. The molecule has 0 amide bonds. The lowest BCUT2D eigenvalue weighted by atomic mass is 9.73. The zero-order valence-corrected chi connectivity index (χ0v) is 28.6. The Kier molecular flexibility index (Phi) is 6.60. The van der Waals surface area contributed by atoms with E-state index in [0.29, 0.717) is 0 Å². The second kappa shape index (κ2) is 10.8. The van der Waals surface area contributed by atoms with Crippen molar-refractivity contribution < 1.29 is 0 Å². The lowest BCUT2D eigenvalue weighted by Crippen LogP contribution is -2.27. The van der Waals surface area contributed by atoms with Crippen molar-refractivity contribution >= 4 is 17.1 Å². The number of nitrogens with zero attached hydrogens (tertiary/aromatic N) is 1. The van der Waals surface area contributed by atoms with Crippen molar-refractivity contribution in [2.24, 2.45) is 0 Å². The summed E-state index contributed by atoms with van der Waals surface area (Å²) in [5.74, 6) is 0. The Morgan fingerprint density at radius 1 is 0.458 bits per heavy atom. The highest BCUT2D eigenvalue weighted by atomic mass is 15.1. The van der Waals surface area contributed by atoms with E-state index in [9.17, 15) is 0 Å². The van der Waals surface area contributed by atoms with E-state index in [4.69, 9.17) is 0 Å². The van der Waals surface area contributed by atoms with Gasteiger partial charge in [0.25, 0.3) is 0 Å². The molecule has 6 aromatic carbocycles. The van der Waals surface area contributed by atoms with Gasteiger partial charge in [-0.1, -0.05) is 131 Å². The molecule has 236 valence electrons. The molecule has 0 aromatic heterocycles. The first-order valence-electron chi connectivity index (χ1n) is 18.1. The van der Waals surface area contributed by atoms with E-state index < -0.39 is 0 Å². The number of rotatable bonds is 7. The predicted octanol–water partition coefficient (Wildman–Crippen LogP) is 12.9. The lowest BCUT2D eigenvalue weighted by molar-refractivity contribution is 0.490. The molecule has 0 radical (unpaired) electrons. The summed E-state index contributed by atoms with van der Waals surface area (Å²) in [4.78, 5) is 2.65. The van der Waals surface area contributed by atoms with Gasteiger partial charge in [-0.05, 0) is 117 Å². The third-order valence-corrected chi connectivity index (χ3v) is 12.5. The fraction of sp³-hybridized carbons (Fsp3) is 0.234. The molecule has 0 N–H and O–H groups in total. The topological polar surface area (TPSA) is 3.24 Å². The van der Waals surface area contributed by atoms with Crippen LogP contribution in [0.3, 0.4) is 0 Å². The Labute approximate surface area is 285 Å². The molecule has 9 rings (SSSR count). The predicted molar refractivity (Wildman–Crippen MR) is 203 cm³/mol. The minimum Gasteiger partial charge on any atom is -0.310 e. The van der Waals surface area contributed by atoms with Gasteiger partial charge in [-0.2, -0.15) is 0 Å². The summed E-state index contributed by atoms with van der Waals surface area (Å²) in [6.07, 6.45) is 5.23. The van der Waals surface area contributed by atoms with Crippen LogP contribution in [0.15, 0.2) is 127 Å². The van der Waals surface area contributed by atoms with Crippen LogP contribution in [0, 0.1) is 0 Å². The molecule has 3 aliphatic rings. The molecule has 0 fully saturated rings. The van der Waals surface area contributed by atoms with Crippen LogP contribution in [-0.4, -0.2) is 0 Å². The maximum absolute atomic E-state index is 2.65. The Balaban J connectivity index is 1.34. The second-order valence-electron chi connectivity index (χ2n) is 14.1. The SMILES string of the molecule is CCC1(CC)c2ccccc2-c2ccc(N(c3cccc4c3Cc3ccccc3-4)c3cccc4c3C(CC)(CC)c3ccccc3-4)cc21. The number of benzene rings is 6. The van der Waals surface area contributed by atoms with E-state index in [1.54, 1.807) is 0 Å². The summed E-state index contributed by atoms with van der Waals surface area (Å²) in [6, 6.07) is 48.7. The second-order valence-corrected chi connectivity index (χ2v) is 14.1. The molecule has 0 saturated carbocycles. The first-order chi connectivity index (χ1) is 23.6. The summed E-state index contributed by atoms with van der Waals surface area (Å²) in [6.45, 7) is 9.52. The Hall–Kier alpha value is -4.88. The first kappa shape index (κ1) is 29.3. The summed E-state index contributed by atoms with van der Waals surface area (Å²) >= 11 is 0. The molecule has 0 unspecified atom stereocenters. The van der Waals surface area contributed by atoms with Gasteiger partial charge in [0.1, 0.15) is 0 Å². The zero-order chi connectivity index (χ0) is 32.6. The molecule has 0 saturated heterocycles. The average molecular weight is 622 g/mol. The third kappa shape index (κ3) is 3.73. The van der Waals surface area contributed by atoms with Gasteiger partial charge in [-0.15, -0.1) is 0 Å². The van der Waals surface area contributed by atoms with E-state index in [1.165, 1.54) is 83.8 Å². The van der Waals surface area contributed by atoms with Crippen LogP contribution in [0.5, 0.6) is 0 Å². The fourth-order valence-corrected chi connectivity index (χ4v) is 10.1. The van der Waals surface area contributed by atoms with Gasteiger partial charge in [0.15, 0.2) is 0 Å². The number of fused-ring (bicyclic) bond motifs is 9. The van der Waals surface area contributed by atoms with Gasteiger partial charge in [0.2, 0.25) is 0 Å². The van der Waals surface area contributed by atoms with Gasteiger partial charge in [-0.3, -0.25) is 0 Å².